The monoisotopic (exact) mass is 275 g/mol. The fraction of sp³-hybridized carbons (Fsp3) is 0.286. The van der Waals surface area contributed by atoms with Crippen molar-refractivity contribution in [3.63, 3.8) is 0 Å². The summed E-state index contributed by atoms with van der Waals surface area (Å²) >= 11 is 6.24. The molecule has 0 atom stereocenters. The standard InChI is InChI=1S/C14H14ClN3O/c1-2-4-12-16-13(19-17-12)9-18-8-7-10-5-3-6-11(15)14(10)18/h3,5-8H,2,4,9H2,1H3. The second-order valence-corrected chi connectivity index (χ2v) is 4.88. The van der Waals surface area contributed by atoms with Crippen LogP contribution in [0.2, 0.25) is 5.02 Å². The van der Waals surface area contributed by atoms with Gasteiger partial charge >= 0.3 is 0 Å². The number of halogens is 1. The van der Waals surface area contributed by atoms with Gasteiger partial charge in [-0.15, -0.1) is 0 Å². The van der Waals surface area contributed by atoms with Crippen LogP contribution in [0.5, 0.6) is 0 Å². The van der Waals surface area contributed by atoms with Crippen LogP contribution in [-0.2, 0) is 13.0 Å². The molecule has 0 radical (unpaired) electrons. The Labute approximate surface area is 116 Å². The Morgan fingerprint density at radius 2 is 2.21 bits per heavy atom. The Hall–Kier alpha value is -1.81. The van der Waals surface area contributed by atoms with Gasteiger partial charge in [0.1, 0.15) is 6.54 Å². The molecule has 2 aromatic heterocycles. The third-order valence-corrected chi connectivity index (χ3v) is 3.33. The molecule has 0 bridgehead atoms. The molecular formula is C14H14ClN3O. The smallest absolute Gasteiger partial charge is 0.246 e. The molecule has 3 rings (SSSR count). The molecule has 0 N–H and O–H groups in total. The summed E-state index contributed by atoms with van der Waals surface area (Å²) < 4.78 is 7.28. The van der Waals surface area contributed by atoms with Gasteiger partial charge in [0.25, 0.3) is 0 Å². The van der Waals surface area contributed by atoms with Crippen LogP contribution in [-0.4, -0.2) is 14.7 Å². The Morgan fingerprint density at radius 1 is 1.32 bits per heavy atom. The molecule has 0 unspecified atom stereocenters. The van der Waals surface area contributed by atoms with Gasteiger partial charge in [-0.1, -0.05) is 35.8 Å². The van der Waals surface area contributed by atoms with Crippen LogP contribution in [0.4, 0.5) is 0 Å². The number of aromatic nitrogens is 3. The summed E-state index contributed by atoms with van der Waals surface area (Å²) in [5.74, 6) is 1.38. The van der Waals surface area contributed by atoms with E-state index in [9.17, 15) is 0 Å². The average molecular weight is 276 g/mol. The molecule has 5 heteroatoms. The van der Waals surface area contributed by atoms with Crippen molar-refractivity contribution in [2.24, 2.45) is 0 Å². The second-order valence-electron chi connectivity index (χ2n) is 4.48. The molecule has 0 fully saturated rings. The molecule has 98 valence electrons. The molecule has 4 nitrogen and oxygen atoms in total. The summed E-state index contributed by atoms with van der Waals surface area (Å²) in [4.78, 5) is 4.37. The molecule has 0 aliphatic heterocycles. The zero-order valence-electron chi connectivity index (χ0n) is 10.6. The van der Waals surface area contributed by atoms with E-state index in [4.69, 9.17) is 16.1 Å². The average Bonchev–Trinajstić information content (AvgIpc) is 2.99. The first-order valence-electron chi connectivity index (χ1n) is 6.32. The van der Waals surface area contributed by atoms with Crippen LogP contribution < -0.4 is 0 Å². The second kappa shape index (κ2) is 5.05. The maximum absolute atomic E-state index is 6.24. The molecule has 0 aliphatic rings. The van der Waals surface area contributed by atoms with Crippen molar-refractivity contribution in [1.82, 2.24) is 14.7 Å². The highest BCUT2D eigenvalue weighted by Gasteiger charge is 2.10. The Kier molecular flexibility index (Phi) is 3.25. The van der Waals surface area contributed by atoms with Crippen molar-refractivity contribution in [2.45, 2.75) is 26.3 Å². The molecule has 0 amide bonds. The number of hydrogen-bond donors (Lipinski definition) is 0. The number of rotatable bonds is 4. The van der Waals surface area contributed by atoms with Gasteiger partial charge in [-0.05, 0) is 18.6 Å². The molecule has 3 aromatic rings. The Balaban J connectivity index is 1.92. The minimum atomic E-state index is 0.546. The quantitative estimate of drug-likeness (QED) is 0.729. The van der Waals surface area contributed by atoms with Crippen LogP contribution >= 0.6 is 11.6 Å². The van der Waals surface area contributed by atoms with Crippen molar-refractivity contribution in [3.05, 3.63) is 47.2 Å². The topological polar surface area (TPSA) is 43.9 Å². The number of benzene rings is 1. The SMILES string of the molecule is CCCc1noc(Cn2ccc3cccc(Cl)c32)n1. The number of para-hydroxylation sites is 1. The number of nitrogens with zero attached hydrogens (tertiary/aromatic N) is 3. The first kappa shape index (κ1) is 12.2. The zero-order chi connectivity index (χ0) is 13.2. The molecule has 0 saturated heterocycles. The van der Waals surface area contributed by atoms with Crippen molar-refractivity contribution >= 4 is 22.5 Å². The van der Waals surface area contributed by atoms with Gasteiger partial charge in [0.2, 0.25) is 5.89 Å². The highest BCUT2D eigenvalue weighted by molar-refractivity contribution is 6.35. The third-order valence-electron chi connectivity index (χ3n) is 3.03. The van der Waals surface area contributed by atoms with Gasteiger partial charge < -0.3 is 9.09 Å². The van der Waals surface area contributed by atoms with Gasteiger partial charge in [-0.2, -0.15) is 4.98 Å². The van der Waals surface area contributed by atoms with Crippen LogP contribution in [0, 0.1) is 0 Å². The normalized spacial score (nSPS) is 11.3. The van der Waals surface area contributed by atoms with Gasteiger partial charge in [0.05, 0.1) is 10.5 Å². The van der Waals surface area contributed by atoms with Crippen molar-refractivity contribution in [3.8, 4) is 0 Å². The van der Waals surface area contributed by atoms with Crippen molar-refractivity contribution < 1.29 is 4.52 Å². The highest BCUT2D eigenvalue weighted by atomic mass is 35.5. The molecule has 1 aromatic carbocycles. The van der Waals surface area contributed by atoms with Crippen LogP contribution in [0.25, 0.3) is 10.9 Å². The van der Waals surface area contributed by atoms with E-state index >= 15 is 0 Å². The number of fused-ring (bicyclic) bond motifs is 1. The maximum Gasteiger partial charge on any atom is 0.246 e. The Bertz CT molecular complexity index is 702. The molecule has 2 heterocycles. The largest absolute Gasteiger partial charge is 0.337 e. The van der Waals surface area contributed by atoms with Gasteiger partial charge in [-0.25, -0.2) is 0 Å². The maximum atomic E-state index is 6.24. The lowest BCUT2D eigenvalue weighted by Crippen LogP contribution is -1.99. The van der Waals surface area contributed by atoms with E-state index in [2.05, 4.69) is 17.1 Å². The van der Waals surface area contributed by atoms with Crippen molar-refractivity contribution in [2.75, 3.05) is 0 Å². The Morgan fingerprint density at radius 3 is 3.05 bits per heavy atom. The molecule has 0 aliphatic carbocycles. The fourth-order valence-electron chi connectivity index (χ4n) is 2.17. The summed E-state index contributed by atoms with van der Waals surface area (Å²) in [5.41, 5.74) is 0.999. The van der Waals surface area contributed by atoms with Crippen LogP contribution in [0.3, 0.4) is 0 Å². The van der Waals surface area contributed by atoms with E-state index < -0.39 is 0 Å². The van der Waals surface area contributed by atoms with Gasteiger partial charge in [0.15, 0.2) is 5.82 Å². The molecule has 0 spiro atoms. The predicted molar refractivity (Wildman–Crippen MR) is 74.3 cm³/mol. The van der Waals surface area contributed by atoms with Crippen LogP contribution in [0.15, 0.2) is 35.0 Å². The van der Waals surface area contributed by atoms with Crippen LogP contribution in [0.1, 0.15) is 25.1 Å². The summed E-state index contributed by atoms with van der Waals surface area (Å²) in [5, 5.41) is 5.80. The van der Waals surface area contributed by atoms with Crippen molar-refractivity contribution in [1.29, 1.82) is 0 Å². The minimum absolute atomic E-state index is 0.546. The lowest BCUT2D eigenvalue weighted by Gasteiger charge is -2.02. The first-order valence-corrected chi connectivity index (χ1v) is 6.70. The predicted octanol–water partition coefficient (Wildman–Crippen LogP) is 3.68. The van der Waals surface area contributed by atoms with Gasteiger partial charge in [0, 0.05) is 18.0 Å². The third kappa shape index (κ3) is 2.36. The van der Waals surface area contributed by atoms with Gasteiger partial charge in [-0.3, -0.25) is 0 Å². The molecule has 19 heavy (non-hydrogen) atoms. The van der Waals surface area contributed by atoms with E-state index in [1.165, 1.54) is 0 Å². The van der Waals surface area contributed by atoms with E-state index in [-0.39, 0.29) is 0 Å². The zero-order valence-corrected chi connectivity index (χ0v) is 11.4. The number of aryl methyl sites for hydroxylation is 1. The lowest BCUT2D eigenvalue weighted by atomic mass is 10.2. The summed E-state index contributed by atoms with van der Waals surface area (Å²) in [6, 6.07) is 7.90. The first-order chi connectivity index (χ1) is 9.28. The summed E-state index contributed by atoms with van der Waals surface area (Å²) in [6.07, 6.45) is 3.84. The number of hydrogen-bond acceptors (Lipinski definition) is 3. The summed E-state index contributed by atoms with van der Waals surface area (Å²) in [7, 11) is 0. The molecule has 0 saturated carbocycles. The highest BCUT2D eigenvalue weighted by Crippen LogP contribution is 2.24. The fourth-order valence-corrected chi connectivity index (χ4v) is 2.46. The van der Waals surface area contributed by atoms with E-state index in [0.717, 1.165) is 34.6 Å². The van der Waals surface area contributed by atoms with E-state index in [0.29, 0.717) is 12.4 Å². The summed E-state index contributed by atoms with van der Waals surface area (Å²) in [6.45, 7) is 2.64. The van der Waals surface area contributed by atoms with E-state index in [1.807, 2.05) is 35.0 Å². The minimum Gasteiger partial charge on any atom is -0.337 e. The molecular weight excluding hydrogens is 262 g/mol. The lowest BCUT2D eigenvalue weighted by molar-refractivity contribution is 0.367. The van der Waals surface area contributed by atoms with E-state index in [1.54, 1.807) is 0 Å².